The van der Waals surface area contributed by atoms with E-state index in [1.807, 2.05) is 26.1 Å². The molecule has 0 spiro atoms. The fourth-order valence-electron chi connectivity index (χ4n) is 2.30. The van der Waals surface area contributed by atoms with Crippen molar-refractivity contribution in [2.75, 3.05) is 12.8 Å². The van der Waals surface area contributed by atoms with E-state index in [-0.39, 0.29) is 11.2 Å². The van der Waals surface area contributed by atoms with Gasteiger partial charge in [0.05, 0.1) is 10.6 Å². The lowest BCUT2D eigenvalue weighted by Gasteiger charge is -2.30. The van der Waals surface area contributed by atoms with Crippen molar-refractivity contribution < 1.29 is 8.42 Å². The van der Waals surface area contributed by atoms with Crippen LogP contribution in [0.4, 0.5) is 0 Å². The summed E-state index contributed by atoms with van der Waals surface area (Å²) in [5.74, 6) is 0.216. The Balaban J connectivity index is 2.87. The Morgan fingerprint density at radius 3 is 2.10 bits per heavy atom. The maximum Gasteiger partial charge on any atom is 0.178 e. The molecule has 3 nitrogen and oxygen atoms in total. The molecule has 1 atom stereocenters. The molecular formula is C16H27NO2S. The molecule has 0 aliphatic rings. The summed E-state index contributed by atoms with van der Waals surface area (Å²) in [6, 6.07) is 7.68. The largest absolute Gasteiger partial charge is 0.316 e. The molecule has 1 rings (SSSR count). The molecule has 0 radical (unpaired) electrons. The molecular weight excluding hydrogens is 270 g/mol. The van der Waals surface area contributed by atoms with Crippen molar-refractivity contribution in [3.05, 3.63) is 29.8 Å². The summed E-state index contributed by atoms with van der Waals surface area (Å²) in [6.45, 7) is 8.49. The minimum absolute atomic E-state index is 0.168. The molecule has 0 saturated carbocycles. The van der Waals surface area contributed by atoms with E-state index < -0.39 is 9.84 Å². The normalized spacial score (nSPS) is 14.2. The van der Waals surface area contributed by atoms with Crippen LogP contribution in [0.5, 0.6) is 0 Å². The summed E-state index contributed by atoms with van der Waals surface area (Å²) < 4.78 is 23.9. The van der Waals surface area contributed by atoms with E-state index in [0.717, 1.165) is 12.0 Å². The first-order valence-electron chi connectivity index (χ1n) is 7.19. The zero-order chi connectivity index (χ0) is 15.4. The lowest BCUT2D eigenvalue weighted by Crippen LogP contribution is -2.39. The van der Waals surface area contributed by atoms with Crippen LogP contribution >= 0.6 is 0 Å². The maximum atomic E-state index is 12.0. The minimum atomic E-state index is -3.11. The topological polar surface area (TPSA) is 46.2 Å². The summed E-state index contributed by atoms with van der Waals surface area (Å²) in [4.78, 5) is 0.430. The van der Waals surface area contributed by atoms with Crippen LogP contribution in [-0.4, -0.2) is 27.3 Å². The number of nitrogens with one attached hydrogen (secondary N) is 1. The molecule has 4 heteroatoms. The lowest BCUT2D eigenvalue weighted by atomic mass is 9.83. The Bertz CT molecular complexity index is 512. The van der Waals surface area contributed by atoms with E-state index in [1.54, 1.807) is 12.1 Å². The fraction of sp³-hybridized carbons (Fsp3) is 0.625. The molecule has 20 heavy (non-hydrogen) atoms. The summed E-state index contributed by atoms with van der Waals surface area (Å²) in [7, 11) is -1.14. The third-order valence-electron chi connectivity index (χ3n) is 3.59. The van der Waals surface area contributed by atoms with Gasteiger partial charge in [-0.1, -0.05) is 39.8 Å². The van der Waals surface area contributed by atoms with Gasteiger partial charge in [-0.15, -0.1) is 0 Å². The molecule has 114 valence electrons. The summed E-state index contributed by atoms with van der Waals surface area (Å²) in [5, 5.41) is 3.34. The highest BCUT2D eigenvalue weighted by Gasteiger charge is 2.23. The van der Waals surface area contributed by atoms with Crippen molar-refractivity contribution in [1.82, 2.24) is 5.32 Å². The van der Waals surface area contributed by atoms with E-state index >= 15 is 0 Å². The van der Waals surface area contributed by atoms with Gasteiger partial charge >= 0.3 is 0 Å². The Morgan fingerprint density at radius 1 is 1.15 bits per heavy atom. The average Bonchev–Trinajstić information content (AvgIpc) is 2.35. The molecule has 0 heterocycles. The van der Waals surface area contributed by atoms with Gasteiger partial charge in [0, 0.05) is 6.04 Å². The van der Waals surface area contributed by atoms with Crippen LogP contribution in [0.25, 0.3) is 0 Å². The van der Waals surface area contributed by atoms with Crippen LogP contribution < -0.4 is 5.32 Å². The van der Waals surface area contributed by atoms with Crippen molar-refractivity contribution in [2.24, 2.45) is 5.41 Å². The maximum absolute atomic E-state index is 12.0. The Hall–Kier alpha value is -0.870. The molecule has 1 aromatic rings. The van der Waals surface area contributed by atoms with Gasteiger partial charge in [-0.25, -0.2) is 8.42 Å². The molecule has 1 N–H and O–H groups in total. The van der Waals surface area contributed by atoms with Gasteiger partial charge in [-0.2, -0.15) is 0 Å². The standard InChI is InChI=1S/C16H27NO2S/c1-6-11-20(18,19)14-9-7-13(8-10-14)12-15(17-5)16(2,3)4/h7-10,15,17H,6,11-12H2,1-5H3. The fourth-order valence-corrected chi connectivity index (χ4v) is 3.62. The lowest BCUT2D eigenvalue weighted by molar-refractivity contribution is 0.280. The molecule has 0 saturated heterocycles. The second kappa shape index (κ2) is 6.72. The highest BCUT2D eigenvalue weighted by Crippen LogP contribution is 2.23. The van der Waals surface area contributed by atoms with Gasteiger partial charge in [0.1, 0.15) is 0 Å². The van der Waals surface area contributed by atoms with Gasteiger partial charge < -0.3 is 5.32 Å². The quantitative estimate of drug-likeness (QED) is 0.878. The highest BCUT2D eigenvalue weighted by molar-refractivity contribution is 7.91. The van der Waals surface area contributed by atoms with Gasteiger partial charge in [0.15, 0.2) is 9.84 Å². The molecule has 0 aromatic heterocycles. The number of likely N-dealkylation sites (N-methyl/N-ethyl adjacent to an activating group) is 1. The molecule has 1 aromatic carbocycles. The van der Waals surface area contributed by atoms with E-state index in [4.69, 9.17) is 0 Å². The second-order valence-electron chi connectivity index (χ2n) is 6.37. The molecule has 0 bridgehead atoms. The van der Waals surface area contributed by atoms with Gasteiger partial charge in [0.25, 0.3) is 0 Å². The summed E-state index contributed by atoms with van der Waals surface area (Å²) in [5.41, 5.74) is 1.33. The first-order chi connectivity index (χ1) is 9.20. The van der Waals surface area contributed by atoms with Crippen molar-refractivity contribution >= 4 is 9.84 Å². The Labute approximate surface area is 123 Å². The number of rotatable bonds is 6. The Kier molecular flexibility index (Phi) is 5.78. The van der Waals surface area contributed by atoms with Crippen LogP contribution in [0.1, 0.15) is 39.7 Å². The van der Waals surface area contributed by atoms with Crippen molar-refractivity contribution in [2.45, 2.75) is 51.5 Å². The molecule has 0 amide bonds. The summed E-state index contributed by atoms with van der Waals surface area (Å²) >= 11 is 0. The third kappa shape index (κ3) is 4.60. The van der Waals surface area contributed by atoms with Crippen molar-refractivity contribution in [3.63, 3.8) is 0 Å². The van der Waals surface area contributed by atoms with Gasteiger partial charge in [-0.05, 0) is 43.0 Å². The van der Waals surface area contributed by atoms with Crippen LogP contribution in [-0.2, 0) is 16.3 Å². The SMILES string of the molecule is CCCS(=O)(=O)c1ccc(CC(NC)C(C)(C)C)cc1. The van der Waals surface area contributed by atoms with Crippen LogP contribution in [0, 0.1) is 5.41 Å². The van der Waals surface area contributed by atoms with Crippen LogP contribution in [0.2, 0.25) is 0 Å². The second-order valence-corrected chi connectivity index (χ2v) is 8.48. The van der Waals surface area contributed by atoms with Gasteiger partial charge in [0.2, 0.25) is 0 Å². The average molecular weight is 297 g/mol. The molecule has 0 fully saturated rings. The smallest absolute Gasteiger partial charge is 0.178 e. The minimum Gasteiger partial charge on any atom is -0.316 e. The zero-order valence-electron chi connectivity index (χ0n) is 13.2. The molecule has 0 aliphatic heterocycles. The first-order valence-corrected chi connectivity index (χ1v) is 8.85. The number of hydrogen-bond donors (Lipinski definition) is 1. The van der Waals surface area contributed by atoms with E-state index in [2.05, 4.69) is 26.1 Å². The predicted octanol–water partition coefficient (Wildman–Crippen LogP) is 3.05. The van der Waals surface area contributed by atoms with Crippen LogP contribution in [0.15, 0.2) is 29.2 Å². The summed E-state index contributed by atoms with van der Waals surface area (Å²) in [6.07, 6.45) is 1.55. The molecule has 0 aliphatic carbocycles. The van der Waals surface area contributed by atoms with E-state index in [9.17, 15) is 8.42 Å². The zero-order valence-corrected chi connectivity index (χ0v) is 14.0. The number of hydrogen-bond acceptors (Lipinski definition) is 3. The third-order valence-corrected chi connectivity index (χ3v) is 5.53. The van der Waals surface area contributed by atoms with E-state index in [1.165, 1.54) is 0 Å². The highest BCUT2D eigenvalue weighted by atomic mass is 32.2. The predicted molar refractivity (Wildman–Crippen MR) is 84.8 cm³/mol. The number of sulfone groups is 1. The van der Waals surface area contributed by atoms with Crippen molar-refractivity contribution in [1.29, 1.82) is 0 Å². The first kappa shape index (κ1) is 17.2. The van der Waals surface area contributed by atoms with E-state index in [0.29, 0.717) is 17.4 Å². The van der Waals surface area contributed by atoms with Gasteiger partial charge in [-0.3, -0.25) is 0 Å². The number of benzene rings is 1. The van der Waals surface area contributed by atoms with Crippen LogP contribution in [0.3, 0.4) is 0 Å². The molecule has 1 unspecified atom stereocenters. The Morgan fingerprint density at radius 2 is 1.70 bits per heavy atom. The monoisotopic (exact) mass is 297 g/mol. The van der Waals surface area contributed by atoms with Crippen molar-refractivity contribution in [3.8, 4) is 0 Å².